The molecule has 14 heavy (non-hydrogen) atoms. The second-order valence-corrected chi connectivity index (χ2v) is 3.49. The summed E-state index contributed by atoms with van der Waals surface area (Å²) in [6.45, 7) is 3.42. The first-order valence-corrected chi connectivity index (χ1v) is 5.19. The van der Waals surface area contributed by atoms with E-state index in [1.165, 1.54) is 0 Å². The molecule has 1 saturated heterocycles. The molecule has 5 heteroatoms. The predicted molar refractivity (Wildman–Crippen MR) is 53.3 cm³/mol. The van der Waals surface area contributed by atoms with E-state index in [0.29, 0.717) is 6.61 Å². The van der Waals surface area contributed by atoms with Crippen LogP contribution in [0.15, 0.2) is 0 Å². The molecule has 0 bridgehead atoms. The van der Waals surface area contributed by atoms with Gasteiger partial charge in [-0.05, 0) is 25.8 Å². The fraction of sp³-hybridized carbons (Fsp3) is 0.889. The lowest BCUT2D eigenvalue weighted by molar-refractivity contribution is 0.0816. The van der Waals surface area contributed by atoms with Gasteiger partial charge in [0.2, 0.25) is 0 Å². The molecular formula is C9H19N3O2. The summed E-state index contributed by atoms with van der Waals surface area (Å²) in [5, 5.41) is 4.28. The predicted octanol–water partition coefficient (Wildman–Crippen LogP) is 0.808. The molecule has 0 aromatic carbocycles. The molecule has 1 rings (SSSR count). The van der Waals surface area contributed by atoms with Crippen molar-refractivity contribution < 1.29 is 9.53 Å². The van der Waals surface area contributed by atoms with Gasteiger partial charge in [-0.25, -0.2) is 15.6 Å². The van der Waals surface area contributed by atoms with E-state index in [9.17, 15) is 4.79 Å². The molecule has 0 saturated carbocycles. The highest BCUT2D eigenvalue weighted by atomic mass is 16.6. The fourth-order valence-electron chi connectivity index (χ4n) is 1.41. The van der Waals surface area contributed by atoms with E-state index in [-0.39, 0.29) is 6.17 Å². The Morgan fingerprint density at radius 1 is 1.71 bits per heavy atom. The van der Waals surface area contributed by atoms with Crippen LogP contribution >= 0.6 is 0 Å². The molecule has 1 amide bonds. The standard InChI is InChI=1S/C9H19N3O2/c1-2-3-7-14-9(13)12(10)8-5-4-6-11-8/h8,11H,2-7,10H2,1H3. The maximum absolute atomic E-state index is 11.3. The number of hydrogen-bond donors (Lipinski definition) is 2. The van der Waals surface area contributed by atoms with Crippen molar-refractivity contribution in [3.8, 4) is 0 Å². The molecule has 1 unspecified atom stereocenters. The third-order valence-electron chi connectivity index (χ3n) is 2.30. The van der Waals surface area contributed by atoms with Gasteiger partial charge in [0.15, 0.2) is 0 Å². The summed E-state index contributed by atoms with van der Waals surface area (Å²) >= 11 is 0. The van der Waals surface area contributed by atoms with Crippen molar-refractivity contribution in [3.05, 3.63) is 0 Å². The third-order valence-corrected chi connectivity index (χ3v) is 2.30. The molecule has 1 aliphatic rings. The van der Waals surface area contributed by atoms with Crippen molar-refractivity contribution in [1.82, 2.24) is 10.3 Å². The van der Waals surface area contributed by atoms with Crippen LogP contribution in [0.25, 0.3) is 0 Å². The molecule has 0 spiro atoms. The number of hydrazine groups is 1. The fourth-order valence-corrected chi connectivity index (χ4v) is 1.41. The SMILES string of the molecule is CCCCOC(=O)N(N)C1CCCN1. The number of carbonyl (C=O) groups is 1. The second kappa shape index (κ2) is 5.82. The van der Waals surface area contributed by atoms with Gasteiger partial charge in [0.05, 0.1) is 6.61 Å². The molecule has 0 aromatic rings. The normalized spacial score (nSPS) is 20.9. The Morgan fingerprint density at radius 3 is 3.07 bits per heavy atom. The molecule has 1 atom stereocenters. The summed E-state index contributed by atoms with van der Waals surface area (Å²) in [4.78, 5) is 11.3. The van der Waals surface area contributed by atoms with E-state index >= 15 is 0 Å². The number of unbranched alkanes of at least 4 members (excludes halogenated alkanes) is 1. The van der Waals surface area contributed by atoms with E-state index in [4.69, 9.17) is 10.6 Å². The highest BCUT2D eigenvalue weighted by molar-refractivity contribution is 5.67. The van der Waals surface area contributed by atoms with Crippen LogP contribution in [0.4, 0.5) is 4.79 Å². The van der Waals surface area contributed by atoms with Crippen LogP contribution in [-0.2, 0) is 4.74 Å². The average Bonchev–Trinajstić information content (AvgIpc) is 2.69. The van der Waals surface area contributed by atoms with Crippen molar-refractivity contribution in [1.29, 1.82) is 0 Å². The van der Waals surface area contributed by atoms with Crippen LogP contribution in [0, 0.1) is 0 Å². The Morgan fingerprint density at radius 2 is 2.50 bits per heavy atom. The zero-order valence-corrected chi connectivity index (χ0v) is 8.66. The maximum atomic E-state index is 11.3. The van der Waals surface area contributed by atoms with E-state index in [1.807, 2.05) is 6.92 Å². The molecule has 0 aliphatic carbocycles. The zero-order chi connectivity index (χ0) is 10.4. The Bertz CT molecular complexity index is 181. The van der Waals surface area contributed by atoms with Crippen LogP contribution in [-0.4, -0.2) is 30.4 Å². The molecule has 82 valence electrons. The molecule has 1 aliphatic heterocycles. The Labute approximate surface area is 84.5 Å². The maximum Gasteiger partial charge on any atom is 0.425 e. The number of amides is 1. The van der Waals surface area contributed by atoms with Crippen LogP contribution < -0.4 is 11.2 Å². The molecule has 0 radical (unpaired) electrons. The number of rotatable bonds is 4. The van der Waals surface area contributed by atoms with Gasteiger partial charge in [-0.2, -0.15) is 0 Å². The van der Waals surface area contributed by atoms with Crippen LogP contribution in [0.5, 0.6) is 0 Å². The third kappa shape index (κ3) is 3.16. The van der Waals surface area contributed by atoms with Gasteiger partial charge in [-0.1, -0.05) is 13.3 Å². The second-order valence-electron chi connectivity index (χ2n) is 3.49. The Balaban J connectivity index is 2.21. The quantitative estimate of drug-likeness (QED) is 0.306. The van der Waals surface area contributed by atoms with Crippen LogP contribution in [0.1, 0.15) is 32.6 Å². The summed E-state index contributed by atoms with van der Waals surface area (Å²) in [7, 11) is 0. The minimum atomic E-state index is -0.433. The first-order chi connectivity index (χ1) is 6.75. The van der Waals surface area contributed by atoms with Gasteiger partial charge in [-0.3, -0.25) is 5.32 Å². The molecular weight excluding hydrogens is 182 g/mol. The molecule has 1 fully saturated rings. The summed E-state index contributed by atoms with van der Waals surface area (Å²) in [5.74, 6) is 5.60. The largest absolute Gasteiger partial charge is 0.448 e. The number of carbonyl (C=O) groups excluding carboxylic acids is 1. The van der Waals surface area contributed by atoms with Crippen molar-refractivity contribution >= 4 is 6.09 Å². The van der Waals surface area contributed by atoms with Gasteiger partial charge in [0.1, 0.15) is 6.17 Å². The van der Waals surface area contributed by atoms with E-state index in [0.717, 1.165) is 37.2 Å². The summed E-state index contributed by atoms with van der Waals surface area (Å²) in [6.07, 6.45) is 3.37. The minimum Gasteiger partial charge on any atom is -0.448 e. The van der Waals surface area contributed by atoms with Gasteiger partial charge in [0, 0.05) is 0 Å². The lowest BCUT2D eigenvalue weighted by Crippen LogP contribution is -2.50. The lowest BCUT2D eigenvalue weighted by Gasteiger charge is -2.22. The van der Waals surface area contributed by atoms with Gasteiger partial charge in [-0.15, -0.1) is 0 Å². The first kappa shape index (κ1) is 11.3. The summed E-state index contributed by atoms with van der Waals surface area (Å²) in [5.41, 5.74) is 0. The number of nitrogens with one attached hydrogen (secondary N) is 1. The van der Waals surface area contributed by atoms with Gasteiger partial charge in [0.25, 0.3) is 0 Å². The topological polar surface area (TPSA) is 67.6 Å². The summed E-state index contributed by atoms with van der Waals surface area (Å²) < 4.78 is 4.98. The molecule has 3 N–H and O–H groups in total. The van der Waals surface area contributed by atoms with Crippen LogP contribution in [0.2, 0.25) is 0 Å². The zero-order valence-electron chi connectivity index (χ0n) is 8.66. The number of hydrogen-bond acceptors (Lipinski definition) is 4. The number of nitrogens with zero attached hydrogens (tertiary/aromatic N) is 1. The van der Waals surface area contributed by atoms with Crippen LogP contribution in [0.3, 0.4) is 0 Å². The molecule has 0 aromatic heterocycles. The Kier molecular flexibility index (Phi) is 4.69. The molecule has 1 heterocycles. The van der Waals surface area contributed by atoms with Gasteiger partial charge >= 0.3 is 6.09 Å². The van der Waals surface area contributed by atoms with Crippen molar-refractivity contribution in [2.45, 2.75) is 38.8 Å². The van der Waals surface area contributed by atoms with E-state index < -0.39 is 6.09 Å². The smallest absolute Gasteiger partial charge is 0.425 e. The Hall–Kier alpha value is -0.810. The lowest BCUT2D eigenvalue weighted by atomic mass is 10.3. The number of nitrogens with two attached hydrogens (primary N) is 1. The average molecular weight is 201 g/mol. The van der Waals surface area contributed by atoms with Gasteiger partial charge < -0.3 is 4.74 Å². The molecule has 5 nitrogen and oxygen atoms in total. The highest BCUT2D eigenvalue weighted by Crippen LogP contribution is 2.08. The monoisotopic (exact) mass is 201 g/mol. The van der Waals surface area contributed by atoms with Crippen molar-refractivity contribution in [2.24, 2.45) is 5.84 Å². The van der Waals surface area contributed by atoms with Crippen molar-refractivity contribution in [3.63, 3.8) is 0 Å². The minimum absolute atomic E-state index is 0.0517. The first-order valence-electron chi connectivity index (χ1n) is 5.19. The highest BCUT2D eigenvalue weighted by Gasteiger charge is 2.24. The summed E-state index contributed by atoms with van der Waals surface area (Å²) in [6, 6.07) is 0. The van der Waals surface area contributed by atoms with E-state index in [2.05, 4.69) is 5.32 Å². The van der Waals surface area contributed by atoms with E-state index in [1.54, 1.807) is 0 Å². The van der Waals surface area contributed by atoms with Crippen molar-refractivity contribution in [2.75, 3.05) is 13.2 Å². The number of ether oxygens (including phenoxy) is 1.